The molecule has 4 aliphatic rings. The van der Waals surface area contributed by atoms with Crippen LogP contribution < -0.4 is 9.47 Å². The van der Waals surface area contributed by atoms with Crippen LogP contribution in [-0.4, -0.2) is 29.7 Å². The molecule has 1 spiro atoms. The van der Waals surface area contributed by atoms with Crippen LogP contribution >= 0.6 is 0 Å². The van der Waals surface area contributed by atoms with Crippen LogP contribution in [0.2, 0.25) is 0 Å². The molecule has 4 heteroatoms. The lowest BCUT2D eigenvalue weighted by Gasteiger charge is -2.38. The number of carbonyl (C=O) groups is 1. The summed E-state index contributed by atoms with van der Waals surface area (Å²) in [7, 11) is 0. The number of ether oxygens (including phenoxy) is 2. The Morgan fingerprint density at radius 1 is 1.19 bits per heavy atom. The fourth-order valence-electron chi connectivity index (χ4n) is 4.58. The summed E-state index contributed by atoms with van der Waals surface area (Å²) in [5.74, 6) is 2.38. The van der Waals surface area contributed by atoms with Crippen LogP contribution in [0.25, 0.3) is 0 Å². The molecule has 1 fully saturated rings. The maximum atomic E-state index is 12.3. The zero-order chi connectivity index (χ0) is 14.0. The zero-order valence-electron chi connectivity index (χ0n) is 11.8. The summed E-state index contributed by atoms with van der Waals surface area (Å²) in [4.78, 5) is 14.4. The summed E-state index contributed by atoms with van der Waals surface area (Å²) in [6.45, 7) is 1.13. The molecule has 1 aromatic carbocycles. The van der Waals surface area contributed by atoms with E-state index in [0.717, 1.165) is 37.3 Å². The number of hydrogen-bond donors (Lipinski definition) is 0. The van der Waals surface area contributed by atoms with Crippen LogP contribution in [0.1, 0.15) is 36.3 Å². The van der Waals surface area contributed by atoms with Crippen LogP contribution in [0, 0.1) is 0 Å². The van der Waals surface area contributed by atoms with Crippen LogP contribution in [0.5, 0.6) is 11.5 Å². The molecule has 0 unspecified atom stereocenters. The first-order chi connectivity index (χ1) is 10.3. The van der Waals surface area contributed by atoms with Crippen molar-refractivity contribution < 1.29 is 14.3 Å². The van der Waals surface area contributed by atoms with Crippen molar-refractivity contribution in [2.75, 3.05) is 13.3 Å². The molecule has 5 rings (SSSR count). The molecule has 0 bridgehead atoms. The quantitative estimate of drug-likeness (QED) is 0.686. The van der Waals surface area contributed by atoms with Crippen molar-refractivity contribution in [2.45, 2.75) is 37.1 Å². The predicted octanol–water partition coefficient (Wildman–Crippen LogP) is 2.38. The number of fused-ring (bicyclic) bond motifs is 3. The maximum absolute atomic E-state index is 12.3. The Kier molecular flexibility index (Phi) is 2.12. The molecule has 3 heterocycles. The summed E-state index contributed by atoms with van der Waals surface area (Å²) in [5.41, 5.74) is 2.58. The Morgan fingerprint density at radius 3 is 2.95 bits per heavy atom. The first kappa shape index (κ1) is 11.7. The van der Waals surface area contributed by atoms with Crippen molar-refractivity contribution in [3.8, 4) is 11.5 Å². The van der Waals surface area contributed by atoms with E-state index in [-0.39, 0.29) is 5.54 Å². The van der Waals surface area contributed by atoms with Crippen molar-refractivity contribution in [3.05, 3.63) is 35.4 Å². The van der Waals surface area contributed by atoms with Gasteiger partial charge in [-0.25, -0.2) is 0 Å². The van der Waals surface area contributed by atoms with E-state index < -0.39 is 0 Å². The second-order valence-electron chi connectivity index (χ2n) is 6.38. The molecule has 4 nitrogen and oxygen atoms in total. The predicted molar refractivity (Wildman–Crippen MR) is 76.4 cm³/mol. The van der Waals surface area contributed by atoms with Crippen molar-refractivity contribution >= 4 is 5.91 Å². The molecule has 1 aromatic rings. The lowest BCUT2D eigenvalue weighted by atomic mass is 9.79. The molecule has 1 aliphatic carbocycles. The monoisotopic (exact) mass is 283 g/mol. The molecule has 0 saturated carbocycles. The van der Waals surface area contributed by atoms with Gasteiger partial charge in [-0.05, 0) is 42.5 Å². The van der Waals surface area contributed by atoms with Gasteiger partial charge in [0.15, 0.2) is 11.5 Å². The van der Waals surface area contributed by atoms with E-state index in [2.05, 4.69) is 29.2 Å². The van der Waals surface area contributed by atoms with Gasteiger partial charge in [0.25, 0.3) is 0 Å². The number of allylic oxidation sites excluding steroid dienone is 1. The van der Waals surface area contributed by atoms with E-state index in [1.807, 2.05) is 0 Å². The van der Waals surface area contributed by atoms with Gasteiger partial charge in [0.1, 0.15) is 0 Å². The fraction of sp³-hybridized carbons (Fsp3) is 0.471. The Bertz CT molecular complexity index is 681. The highest BCUT2D eigenvalue weighted by atomic mass is 16.7. The van der Waals surface area contributed by atoms with Gasteiger partial charge in [-0.15, -0.1) is 0 Å². The van der Waals surface area contributed by atoms with Gasteiger partial charge < -0.3 is 14.4 Å². The summed E-state index contributed by atoms with van der Waals surface area (Å²) < 4.78 is 11.1. The maximum Gasteiger partial charge on any atom is 0.231 e. The van der Waals surface area contributed by atoms with E-state index in [1.165, 1.54) is 11.1 Å². The molecule has 1 saturated heterocycles. The van der Waals surface area contributed by atoms with E-state index in [0.29, 0.717) is 25.0 Å². The van der Waals surface area contributed by atoms with Gasteiger partial charge in [-0.3, -0.25) is 4.79 Å². The number of rotatable bonds is 0. The summed E-state index contributed by atoms with van der Waals surface area (Å²) in [5, 5.41) is 0. The molecule has 21 heavy (non-hydrogen) atoms. The van der Waals surface area contributed by atoms with Crippen molar-refractivity contribution in [3.63, 3.8) is 0 Å². The lowest BCUT2D eigenvalue weighted by molar-refractivity contribution is -0.130. The van der Waals surface area contributed by atoms with Crippen molar-refractivity contribution in [1.82, 2.24) is 4.90 Å². The highest BCUT2D eigenvalue weighted by Gasteiger charge is 2.52. The standard InChI is InChI=1S/C17H17NO3/c19-16-3-6-17-5-1-2-13(17)12-9-15-14(20-10-21-15)8-11(12)4-7-18(16)17/h1,5,8-9,13H,2-4,6-7,10H2/t13-,17+/m0/s1. The third kappa shape index (κ3) is 1.38. The number of benzene rings is 1. The number of carbonyl (C=O) groups excluding carboxylic acids is 1. The summed E-state index contributed by atoms with van der Waals surface area (Å²) in [6.07, 6.45) is 8.07. The molecular weight excluding hydrogens is 266 g/mol. The number of nitrogens with zero attached hydrogens (tertiary/aromatic N) is 1. The molecule has 0 radical (unpaired) electrons. The topological polar surface area (TPSA) is 38.8 Å². The van der Waals surface area contributed by atoms with Crippen LogP contribution in [0.4, 0.5) is 0 Å². The number of amides is 1. The molecule has 2 atom stereocenters. The first-order valence-corrected chi connectivity index (χ1v) is 7.68. The third-order valence-corrected chi connectivity index (χ3v) is 5.54. The van der Waals surface area contributed by atoms with Crippen LogP contribution in [0.15, 0.2) is 24.3 Å². The normalized spacial score (nSPS) is 31.9. The third-order valence-electron chi connectivity index (χ3n) is 5.54. The van der Waals surface area contributed by atoms with Crippen LogP contribution in [-0.2, 0) is 11.2 Å². The average molecular weight is 283 g/mol. The van der Waals surface area contributed by atoms with Crippen molar-refractivity contribution in [1.29, 1.82) is 0 Å². The molecule has 1 amide bonds. The van der Waals surface area contributed by atoms with Gasteiger partial charge in [0.2, 0.25) is 12.7 Å². The van der Waals surface area contributed by atoms with Gasteiger partial charge in [-0.1, -0.05) is 12.2 Å². The summed E-state index contributed by atoms with van der Waals surface area (Å²) in [6, 6.07) is 4.28. The number of hydrogen-bond acceptors (Lipinski definition) is 3. The zero-order valence-corrected chi connectivity index (χ0v) is 11.8. The van der Waals surface area contributed by atoms with Gasteiger partial charge in [0.05, 0.1) is 5.54 Å². The van der Waals surface area contributed by atoms with E-state index in [4.69, 9.17) is 9.47 Å². The lowest BCUT2D eigenvalue weighted by Crippen LogP contribution is -2.46. The second-order valence-corrected chi connectivity index (χ2v) is 6.38. The Hall–Kier alpha value is -1.97. The van der Waals surface area contributed by atoms with E-state index >= 15 is 0 Å². The Balaban J connectivity index is 1.69. The second kappa shape index (κ2) is 3.81. The SMILES string of the molecule is O=C1CC[C@]23C=CC[C@H]2c2cc4c(cc2CCN13)OCO4. The minimum absolute atomic E-state index is 0.0873. The smallest absolute Gasteiger partial charge is 0.231 e. The van der Waals surface area contributed by atoms with E-state index in [9.17, 15) is 4.79 Å². The molecular formula is C17H17NO3. The van der Waals surface area contributed by atoms with Gasteiger partial charge >= 0.3 is 0 Å². The largest absolute Gasteiger partial charge is 0.454 e. The van der Waals surface area contributed by atoms with E-state index in [1.54, 1.807) is 0 Å². The Labute approximate surface area is 123 Å². The highest BCUT2D eigenvalue weighted by molar-refractivity contribution is 5.81. The average Bonchev–Trinajstić information content (AvgIpc) is 3.16. The molecule has 0 aromatic heterocycles. The first-order valence-electron chi connectivity index (χ1n) is 7.68. The molecule has 3 aliphatic heterocycles. The van der Waals surface area contributed by atoms with Gasteiger partial charge in [0, 0.05) is 18.9 Å². The molecule has 0 N–H and O–H groups in total. The Morgan fingerprint density at radius 2 is 2.05 bits per heavy atom. The van der Waals surface area contributed by atoms with Gasteiger partial charge in [-0.2, -0.15) is 0 Å². The van der Waals surface area contributed by atoms with Crippen molar-refractivity contribution in [2.24, 2.45) is 0 Å². The minimum Gasteiger partial charge on any atom is -0.454 e. The van der Waals surface area contributed by atoms with Crippen LogP contribution in [0.3, 0.4) is 0 Å². The summed E-state index contributed by atoms with van der Waals surface area (Å²) >= 11 is 0. The fourth-order valence-corrected chi connectivity index (χ4v) is 4.58. The highest BCUT2D eigenvalue weighted by Crippen LogP contribution is 2.52. The molecule has 108 valence electrons. The minimum atomic E-state index is -0.0873.